The standard InChI is InChI=1S/C21H26N4O5/c1-5-25(6-2)17-9-7-15(8-10-17)20(28)23-22-19(27)13-30-21(29)18-11-16(14(3)26)12-24(18)4/h7-12H,5-6,13H2,1-4H3,(H,22,27)(H,23,28). The molecule has 1 aromatic heterocycles. The van der Waals surface area contributed by atoms with Crippen LogP contribution in [0.1, 0.15) is 52.0 Å². The van der Waals surface area contributed by atoms with Gasteiger partial charge in [0.25, 0.3) is 11.8 Å². The maximum absolute atomic E-state index is 12.2. The van der Waals surface area contributed by atoms with Gasteiger partial charge < -0.3 is 14.2 Å². The average molecular weight is 414 g/mol. The number of benzene rings is 1. The Balaban J connectivity index is 1.83. The molecule has 2 rings (SSSR count). The Morgan fingerprint density at radius 1 is 1.00 bits per heavy atom. The Morgan fingerprint density at radius 2 is 1.63 bits per heavy atom. The number of hydrogen-bond acceptors (Lipinski definition) is 6. The largest absolute Gasteiger partial charge is 0.451 e. The summed E-state index contributed by atoms with van der Waals surface area (Å²) in [6.45, 7) is 6.61. The Morgan fingerprint density at radius 3 is 2.17 bits per heavy atom. The monoisotopic (exact) mass is 414 g/mol. The molecule has 160 valence electrons. The molecular formula is C21H26N4O5. The van der Waals surface area contributed by atoms with Gasteiger partial charge in [-0.15, -0.1) is 0 Å². The van der Waals surface area contributed by atoms with Crippen LogP contribution in [0.2, 0.25) is 0 Å². The molecule has 0 bridgehead atoms. The number of hydrazine groups is 1. The summed E-state index contributed by atoms with van der Waals surface area (Å²) in [5.74, 6) is -2.12. The average Bonchev–Trinajstić information content (AvgIpc) is 3.13. The van der Waals surface area contributed by atoms with Gasteiger partial charge in [0, 0.05) is 43.1 Å². The van der Waals surface area contributed by atoms with E-state index in [4.69, 9.17) is 4.74 Å². The van der Waals surface area contributed by atoms with Crippen molar-refractivity contribution < 1.29 is 23.9 Å². The molecule has 0 spiro atoms. The summed E-state index contributed by atoms with van der Waals surface area (Å²) in [5.41, 5.74) is 6.37. The second-order valence-corrected chi connectivity index (χ2v) is 6.58. The lowest BCUT2D eigenvalue weighted by Crippen LogP contribution is -2.43. The lowest BCUT2D eigenvalue weighted by Gasteiger charge is -2.21. The van der Waals surface area contributed by atoms with E-state index in [1.54, 1.807) is 19.2 Å². The van der Waals surface area contributed by atoms with Crippen molar-refractivity contribution >= 4 is 29.3 Å². The fraction of sp³-hybridized carbons (Fsp3) is 0.333. The summed E-state index contributed by atoms with van der Waals surface area (Å²) in [7, 11) is 1.59. The van der Waals surface area contributed by atoms with Gasteiger partial charge in [-0.1, -0.05) is 0 Å². The van der Waals surface area contributed by atoms with E-state index in [1.165, 1.54) is 23.8 Å². The molecule has 9 nitrogen and oxygen atoms in total. The maximum Gasteiger partial charge on any atom is 0.355 e. The van der Waals surface area contributed by atoms with Crippen LogP contribution < -0.4 is 15.8 Å². The molecule has 0 aliphatic carbocycles. The zero-order valence-corrected chi connectivity index (χ0v) is 17.5. The lowest BCUT2D eigenvalue weighted by atomic mass is 10.2. The first-order chi connectivity index (χ1) is 14.3. The molecule has 0 unspecified atom stereocenters. The van der Waals surface area contributed by atoms with Gasteiger partial charge in [0.05, 0.1) is 0 Å². The quantitative estimate of drug-likeness (QED) is 0.386. The van der Waals surface area contributed by atoms with Crippen LogP contribution in [0.15, 0.2) is 36.5 Å². The maximum atomic E-state index is 12.2. The molecular weight excluding hydrogens is 388 g/mol. The van der Waals surface area contributed by atoms with Gasteiger partial charge in [0.15, 0.2) is 12.4 Å². The van der Waals surface area contributed by atoms with E-state index in [0.717, 1.165) is 18.8 Å². The van der Waals surface area contributed by atoms with Crippen LogP contribution >= 0.6 is 0 Å². The summed E-state index contributed by atoms with van der Waals surface area (Å²) in [6.07, 6.45) is 1.50. The number of esters is 1. The van der Waals surface area contributed by atoms with Crippen molar-refractivity contribution in [3.63, 3.8) is 0 Å². The minimum absolute atomic E-state index is 0.144. The van der Waals surface area contributed by atoms with Crippen LogP contribution in [0.3, 0.4) is 0 Å². The van der Waals surface area contributed by atoms with Crippen molar-refractivity contribution in [2.24, 2.45) is 7.05 Å². The van der Waals surface area contributed by atoms with Gasteiger partial charge in [0.2, 0.25) is 0 Å². The summed E-state index contributed by atoms with van der Waals surface area (Å²) in [4.78, 5) is 49.6. The Labute approximate surface area is 175 Å². The van der Waals surface area contributed by atoms with Crippen LogP contribution in [-0.4, -0.2) is 47.8 Å². The van der Waals surface area contributed by atoms with Crippen molar-refractivity contribution in [3.05, 3.63) is 53.3 Å². The second-order valence-electron chi connectivity index (χ2n) is 6.58. The number of aryl methyl sites for hydroxylation is 1. The van der Waals surface area contributed by atoms with Crippen LogP contribution in [0.5, 0.6) is 0 Å². The summed E-state index contributed by atoms with van der Waals surface area (Å²) in [6, 6.07) is 8.39. The van der Waals surface area contributed by atoms with E-state index in [1.807, 2.05) is 26.0 Å². The number of anilines is 1. The van der Waals surface area contributed by atoms with Crippen molar-refractivity contribution in [1.82, 2.24) is 15.4 Å². The van der Waals surface area contributed by atoms with Crippen molar-refractivity contribution in [1.29, 1.82) is 0 Å². The van der Waals surface area contributed by atoms with E-state index in [2.05, 4.69) is 15.8 Å². The molecule has 0 aliphatic heterocycles. The number of Topliss-reactive ketones (excluding diaryl/α,β-unsaturated/α-hetero) is 1. The highest BCUT2D eigenvalue weighted by atomic mass is 16.5. The Hall–Kier alpha value is -3.62. The molecule has 9 heteroatoms. The lowest BCUT2D eigenvalue weighted by molar-refractivity contribution is -0.125. The van der Waals surface area contributed by atoms with Crippen LogP contribution in [-0.2, 0) is 16.6 Å². The van der Waals surface area contributed by atoms with Crippen molar-refractivity contribution in [2.45, 2.75) is 20.8 Å². The predicted molar refractivity (Wildman–Crippen MR) is 111 cm³/mol. The molecule has 0 aliphatic rings. The molecule has 2 amide bonds. The Kier molecular flexibility index (Phi) is 7.74. The molecule has 0 fully saturated rings. The number of nitrogens with zero attached hydrogens (tertiary/aromatic N) is 2. The number of rotatable bonds is 8. The van der Waals surface area contributed by atoms with E-state index in [0.29, 0.717) is 11.1 Å². The molecule has 0 saturated carbocycles. The van der Waals surface area contributed by atoms with Gasteiger partial charge in [-0.25, -0.2) is 4.79 Å². The van der Waals surface area contributed by atoms with Gasteiger partial charge in [-0.3, -0.25) is 25.2 Å². The fourth-order valence-electron chi connectivity index (χ4n) is 2.81. The third-order valence-electron chi connectivity index (χ3n) is 4.53. The van der Waals surface area contributed by atoms with E-state index < -0.39 is 24.4 Å². The van der Waals surface area contributed by atoms with Crippen LogP contribution in [0, 0.1) is 0 Å². The first-order valence-electron chi connectivity index (χ1n) is 9.55. The number of carbonyl (C=O) groups is 4. The molecule has 0 radical (unpaired) electrons. The predicted octanol–water partition coefficient (Wildman–Crippen LogP) is 1.69. The smallest absolute Gasteiger partial charge is 0.355 e. The zero-order valence-electron chi connectivity index (χ0n) is 17.5. The topological polar surface area (TPSA) is 110 Å². The minimum atomic E-state index is -0.751. The minimum Gasteiger partial charge on any atom is -0.451 e. The normalized spacial score (nSPS) is 10.3. The number of ketones is 1. The molecule has 1 aromatic carbocycles. The van der Waals surface area contributed by atoms with Crippen LogP contribution in [0.4, 0.5) is 5.69 Å². The fourth-order valence-corrected chi connectivity index (χ4v) is 2.81. The van der Waals surface area contributed by atoms with Gasteiger partial charge in [0.1, 0.15) is 5.69 Å². The van der Waals surface area contributed by atoms with Crippen LogP contribution in [0.25, 0.3) is 0 Å². The second kappa shape index (κ2) is 10.2. The molecule has 2 aromatic rings. The van der Waals surface area contributed by atoms with Crippen molar-refractivity contribution in [2.75, 3.05) is 24.6 Å². The number of aromatic nitrogens is 1. The highest BCUT2D eigenvalue weighted by Gasteiger charge is 2.17. The highest BCUT2D eigenvalue weighted by molar-refractivity contribution is 5.98. The zero-order chi connectivity index (χ0) is 22.3. The van der Waals surface area contributed by atoms with Gasteiger partial charge >= 0.3 is 5.97 Å². The van der Waals surface area contributed by atoms with Crippen molar-refractivity contribution in [3.8, 4) is 0 Å². The first-order valence-corrected chi connectivity index (χ1v) is 9.55. The molecule has 0 atom stereocenters. The third-order valence-corrected chi connectivity index (χ3v) is 4.53. The molecule has 1 heterocycles. The summed E-state index contributed by atoms with van der Waals surface area (Å²) in [5, 5.41) is 0. The SMILES string of the molecule is CCN(CC)c1ccc(C(=O)NNC(=O)COC(=O)c2cc(C(C)=O)cn2C)cc1. The molecule has 0 saturated heterocycles. The number of ether oxygens (including phenoxy) is 1. The summed E-state index contributed by atoms with van der Waals surface area (Å²) >= 11 is 0. The number of hydrogen-bond donors (Lipinski definition) is 2. The molecule has 2 N–H and O–H groups in total. The van der Waals surface area contributed by atoms with Gasteiger partial charge in [-0.2, -0.15) is 0 Å². The van der Waals surface area contributed by atoms with E-state index in [9.17, 15) is 19.2 Å². The summed E-state index contributed by atoms with van der Waals surface area (Å²) < 4.78 is 6.37. The third kappa shape index (κ3) is 5.69. The molecule has 30 heavy (non-hydrogen) atoms. The number of amides is 2. The van der Waals surface area contributed by atoms with E-state index >= 15 is 0 Å². The van der Waals surface area contributed by atoms with Gasteiger partial charge in [-0.05, 0) is 51.1 Å². The van der Waals surface area contributed by atoms with E-state index in [-0.39, 0.29) is 11.5 Å². The Bertz CT molecular complexity index is 929. The number of carbonyl (C=O) groups excluding carboxylic acids is 4. The number of nitrogens with one attached hydrogen (secondary N) is 2. The highest BCUT2D eigenvalue weighted by Crippen LogP contribution is 2.14. The first kappa shape index (κ1) is 22.7.